The molecule has 2 aliphatic rings. The summed E-state index contributed by atoms with van der Waals surface area (Å²) in [5.41, 5.74) is 0. The van der Waals surface area contributed by atoms with Crippen molar-refractivity contribution in [3.63, 3.8) is 0 Å². The van der Waals surface area contributed by atoms with E-state index in [2.05, 4.69) is 12.2 Å². The van der Waals surface area contributed by atoms with Gasteiger partial charge in [-0.3, -0.25) is 4.79 Å². The third-order valence-corrected chi connectivity index (χ3v) is 7.69. The number of piperidine rings is 1. The zero-order valence-corrected chi connectivity index (χ0v) is 16.3. The highest BCUT2D eigenvalue weighted by Gasteiger charge is 2.33. The van der Waals surface area contributed by atoms with E-state index in [1.807, 2.05) is 0 Å². The summed E-state index contributed by atoms with van der Waals surface area (Å²) in [6.45, 7) is 2.54. The number of halogens is 2. The van der Waals surface area contributed by atoms with Crippen molar-refractivity contribution in [1.82, 2.24) is 9.62 Å². The van der Waals surface area contributed by atoms with E-state index < -0.39 is 21.7 Å². The fourth-order valence-electron chi connectivity index (χ4n) is 3.98. The first-order valence-corrected chi connectivity index (χ1v) is 11.0. The van der Waals surface area contributed by atoms with Crippen LogP contribution in [-0.4, -0.2) is 37.8 Å². The van der Waals surface area contributed by atoms with Crippen LogP contribution in [0.4, 0.5) is 8.78 Å². The largest absolute Gasteiger partial charge is 0.353 e. The first-order chi connectivity index (χ1) is 12.8. The molecule has 1 amide bonds. The van der Waals surface area contributed by atoms with Gasteiger partial charge >= 0.3 is 0 Å². The molecular weight excluding hydrogens is 374 g/mol. The molecule has 0 bridgehead atoms. The highest BCUT2D eigenvalue weighted by molar-refractivity contribution is 7.89. The van der Waals surface area contributed by atoms with Crippen LogP contribution in [-0.2, 0) is 14.8 Å². The van der Waals surface area contributed by atoms with Crippen LogP contribution in [0.15, 0.2) is 23.1 Å². The van der Waals surface area contributed by atoms with E-state index in [9.17, 15) is 22.0 Å². The van der Waals surface area contributed by atoms with E-state index in [1.165, 1.54) is 10.7 Å². The molecule has 1 N–H and O–H groups in total. The van der Waals surface area contributed by atoms with Crippen LogP contribution in [0.3, 0.4) is 0 Å². The summed E-state index contributed by atoms with van der Waals surface area (Å²) < 4.78 is 52.9. The standard InChI is InChI=1S/C19H26F2N2O3S/c1-13-4-2-3-5-18(13)22-19(24)14-8-10-23(11-9-14)27(25,26)15-6-7-16(20)17(21)12-15/h6-7,12-14,18H,2-5,8-11H2,1H3,(H,22,24). The lowest BCUT2D eigenvalue weighted by atomic mass is 9.85. The summed E-state index contributed by atoms with van der Waals surface area (Å²) in [4.78, 5) is 12.3. The van der Waals surface area contributed by atoms with Crippen LogP contribution in [0.5, 0.6) is 0 Å². The van der Waals surface area contributed by atoms with Crippen molar-refractivity contribution in [3.05, 3.63) is 29.8 Å². The van der Waals surface area contributed by atoms with Crippen LogP contribution < -0.4 is 5.32 Å². The van der Waals surface area contributed by atoms with Crippen LogP contribution in [0, 0.1) is 23.5 Å². The molecule has 0 spiro atoms. The van der Waals surface area contributed by atoms with Gasteiger partial charge in [0.15, 0.2) is 11.6 Å². The van der Waals surface area contributed by atoms with Crippen molar-refractivity contribution in [1.29, 1.82) is 0 Å². The van der Waals surface area contributed by atoms with Gasteiger partial charge in [0.2, 0.25) is 15.9 Å². The number of carbonyl (C=O) groups excluding carboxylic acids is 1. The van der Waals surface area contributed by atoms with Crippen molar-refractivity contribution in [2.75, 3.05) is 13.1 Å². The molecule has 0 aromatic heterocycles. The van der Waals surface area contributed by atoms with Crippen LogP contribution in [0.2, 0.25) is 0 Å². The predicted octanol–water partition coefficient (Wildman–Crippen LogP) is 3.06. The second kappa shape index (κ2) is 8.22. The lowest BCUT2D eigenvalue weighted by Crippen LogP contribution is -2.47. The Morgan fingerprint density at radius 1 is 1.07 bits per heavy atom. The monoisotopic (exact) mass is 400 g/mol. The minimum absolute atomic E-state index is 0.00127. The molecule has 5 nitrogen and oxygen atoms in total. The second-order valence-corrected chi connectivity index (χ2v) is 9.57. The first kappa shape index (κ1) is 20.2. The van der Waals surface area contributed by atoms with E-state index in [0.29, 0.717) is 24.8 Å². The highest BCUT2D eigenvalue weighted by Crippen LogP contribution is 2.27. The van der Waals surface area contributed by atoms with Crippen molar-refractivity contribution in [2.45, 2.75) is 56.4 Å². The van der Waals surface area contributed by atoms with Gasteiger partial charge in [0, 0.05) is 25.0 Å². The average Bonchev–Trinajstić information content (AvgIpc) is 2.65. The molecule has 27 heavy (non-hydrogen) atoms. The summed E-state index contributed by atoms with van der Waals surface area (Å²) in [6.07, 6.45) is 5.30. The van der Waals surface area contributed by atoms with E-state index >= 15 is 0 Å². The summed E-state index contributed by atoms with van der Waals surface area (Å²) in [5.74, 6) is -2.01. The maximum Gasteiger partial charge on any atom is 0.243 e. The number of nitrogens with zero attached hydrogens (tertiary/aromatic N) is 1. The SMILES string of the molecule is CC1CCCCC1NC(=O)C1CCN(S(=O)(=O)c2ccc(F)c(F)c2)CC1. The number of sulfonamides is 1. The van der Waals surface area contributed by atoms with Gasteiger partial charge in [-0.2, -0.15) is 4.31 Å². The van der Waals surface area contributed by atoms with Crippen LogP contribution in [0.25, 0.3) is 0 Å². The number of hydrogen-bond donors (Lipinski definition) is 1. The Labute approximate surface area is 159 Å². The summed E-state index contributed by atoms with van der Waals surface area (Å²) in [5, 5.41) is 3.14. The normalized spacial score (nSPS) is 25.3. The molecule has 0 radical (unpaired) electrons. The molecule has 1 saturated heterocycles. The Balaban J connectivity index is 1.59. The molecule has 3 rings (SSSR count). The summed E-state index contributed by atoms with van der Waals surface area (Å²) >= 11 is 0. The van der Waals surface area contributed by atoms with Gasteiger partial charge in [-0.05, 0) is 49.8 Å². The van der Waals surface area contributed by atoms with E-state index in [1.54, 1.807) is 0 Å². The molecular formula is C19H26F2N2O3S. The third kappa shape index (κ3) is 4.48. The van der Waals surface area contributed by atoms with Gasteiger partial charge in [0.25, 0.3) is 0 Å². The molecule has 1 aliphatic heterocycles. The Morgan fingerprint density at radius 3 is 2.37 bits per heavy atom. The molecule has 2 fully saturated rings. The molecule has 1 saturated carbocycles. The number of amides is 1. The second-order valence-electron chi connectivity index (χ2n) is 7.63. The number of nitrogens with one attached hydrogen (secondary N) is 1. The Hall–Kier alpha value is -1.54. The molecule has 8 heteroatoms. The molecule has 1 aliphatic carbocycles. The lowest BCUT2D eigenvalue weighted by molar-refractivity contribution is -0.127. The molecule has 150 valence electrons. The fourth-order valence-corrected chi connectivity index (χ4v) is 5.46. The van der Waals surface area contributed by atoms with Gasteiger partial charge < -0.3 is 5.32 Å². The summed E-state index contributed by atoms with van der Waals surface area (Å²) in [6, 6.07) is 2.79. The third-order valence-electron chi connectivity index (χ3n) is 5.79. The molecule has 1 aromatic carbocycles. The van der Waals surface area contributed by atoms with Gasteiger partial charge in [0.05, 0.1) is 4.90 Å². The van der Waals surface area contributed by atoms with E-state index in [0.717, 1.165) is 31.4 Å². The zero-order valence-electron chi connectivity index (χ0n) is 15.5. The molecule has 2 unspecified atom stereocenters. The molecule has 1 aromatic rings. The number of rotatable bonds is 4. The van der Waals surface area contributed by atoms with Crippen molar-refractivity contribution in [3.8, 4) is 0 Å². The molecule has 1 heterocycles. The van der Waals surface area contributed by atoms with E-state index in [4.69, 9.17) is 0 Å². The van der Waals surface area contributed by atoms with Crippen molar-refractivity contribution < 1.29 is 22.0 Å². The maximum atomic E-state index is 13.4. The summed E-state index contributed by atoms with van der Waals surface area (Å²) in [7, 11) is -3.89. The Kier molecular flexibility index (Phi) is 6.15. The van der Waals surface area contributed by atoms with Gasteiger partial charge in [-0.1, -0.05) is 19.8 Å². The minimum atomic E-state index is -3.89. The Bertz CT molecular complexity index is 792. The Morgan fingerprint density at radius 2 is 1.74 bits per heavy atom. The first-order valence-electron chi connectivity index (χ1n) is 9.54. The predicted molar refractivity (Wildman–Crippen MR) is 97.4 cm³/mol. The van der Waals surface area contributed by atoms with Crippen LogP contribution in [0.1, 0.15) is 45.4 Å². The van der Waals surface area contributed by atoms with Gasteiger partial charge in [0.1, 0.15) is 0 Å². The number of hydrogen-bond acceptors (Lipinski definition) is 3. The quantitative estimate of drug-likeness (QED) is 0.845. The maximum absolute atomic E-state index is 13.4. The smallest absolute Gasteiger partial charge is 0.243 e. The van der Waals surface area contributed by atoms with Crippen molar-refractivity contribution >= 4 is 15.9 Å². The molecule has 2 atom stereocenters. The minimum Gasteiger partial charge on any atom is -0.353 e. The van der Waals surface area contributed by atoms with E-state index in [-0.39, 0.29) is 35.9 Å². The average molecular weight is 400 g/mol. The van der Waals surface area contributed by atoms with Crippen LogP contribution >= 0.6 is 0 Å². The van der Waals surface area contributed by atoms with Gasteiger partial charge in [-0.15, -0.1) is 0 Å². The highest BCUT2D eigenvalue weighted by atomic mass is 32.2. The van der Waals surface area contributed by atoms with Gasteiger partial charge in [-0.25, -0.2) is 17.2 Å². The zero-order chi connectivity index (χ0) is 19.6. The fraction of sp³-hybridized carbons (Fsp3) is 0.632. The lowest BCUT2D eigenvalue weighted by Gasteiger charge is -2.34. The van der Waals surface area contributed by atoms with Crippen molar-refractivity contribution in [2.24, 2.45) is 11.8 Å². The number of benzene rings is 1. The number of carbonyl (C=O) groups is 1. The topological polar surface area (TPSA) is 66.5 Å².